The van der Waals surface area contributed by atoms with Gasteiger partial charge in [0.2, 0.25) is 0 Å². The molecule has 0 radical (unpaired) electrons. The van der Waals surface area contributed by atoms with Crippen molar-refractivity contribution in [3.63, 3.8) is 0 Å². The topological polar surface area (TPSA) is 73.2 Å². The van der Waals surface area contributed by atoms with Gasteiger partial charge in [-0.2, -0.15) is 5.26 Å². The van der Waals surface area contributed by atoms with Gasteiger partial charge in [0.25, 0.3) is 11.8 Å². The molecule has 2 rings (SSSR count). The maximum atomic E-state index is 12.4. The molecule has 5 nitrogen and oxygen atoms in total. The van der Waals surface area contributed by atoms with E-state index in [2.05, 4.69) is 21.2 Å². The first-order valence-corrected chi connectivity index (χ1v) is 8.17. The molecule has 2 aromatic carbocycles. The highest BCUT2D eigenvalue weighted by Crippen LogP contribution is 2.16. The summed E-state index contributed by atoms with van der Waals surface area (Å²) in [6.45, 7) is 2.29. The molecule has 6 heteroatoms. The molecule has 122 valence electrons. The number of hydrogen-bond acceptors (Lipinski definition) is 3. The second-order valence-electron chi connectivity index (χ2n) is 5.02. The van der Waals surface area contributed by atoms with Gasteiger partial charge in [0.1, 0.15) is 6.54 Å². The molecule has 2 amide bonds. The average molecular weight is 386 g/mol. The Morgan fingerprint density at radius 2 is 1.88 bits per heavy atom. The highest BCUT2D eigenvalue weighted by Gasteiger charge is 2.14. The predicted octanol–water partition coefficient (Wildman–Crippen LogP) is 3.69. The molecule has 2 aromatic rings. The van der Waals surface area contributed by atoms with Gasteiger partial charge in [-0.25, -0.2) is 0 Å². The lowest BCUT2D eigenvalue weighted by atomic mass is 10.1. The second kappa shape index (κ2) is 8.27. The summed E-state index contributed by atoms with van der Waals surface area (Å²) in [6, 6.07) is 15.7. The minimum absolute atomic E-state index is 0.0317. The van der Waals surface area contributed by atoms with Crippen LogP contribution < -0.4 is 5.32 Å². The Kier molecular flexibility index (Phi) is 6.10. The zero-order valence-electron chi connectivity index (χ0n) is 13.1. The SMILES string of the molecule is CCN(CC#N)C(=O)c1cccc(NC(=O)c2cccc(Br)c2)c1. The van der Waals surface area contributed by atoms with E-state index in [1.807, 2.05) is 19.1 Å². The number of halogens is 1. The van der Waals surface area contributed by atoms with Crippen molar-refractivity contribution in [1.82, 2.24) is 4.90 Å². The van der Waals surface area contributed by atoms with Crippen molar-refractivity contribution in [1.29, 1.82) is 5.26 Å². The zero-order valence-corrected chi connectivity index (χ0v) is 14.7. The summed E-state index contributed by atoms with van der Waals surface area (Å²) in [4.78, 5) is 26.1. The number of nitriles is 1. The molecule has 0 atom stereocenters. The van der Waals surface area contributed by atoms with Crippen molar-refractivity contribution in [3.8, 4) is 6.07 Å². The summed E-state index contributed by atoms with van der Waals surface area (Å²) < 4.78 is 0.814. The van der Waals surface area contributed by atoms with E-state index < -0.39 is 0 Å². The molecule has 0 unspecified atom stereocenters. The fourth-order valence-corrected chi connectivity index (χ4v) is 2.56. The molecular formula is C18H16BrN3O2. The number of anilines is 1. The first-order valence-electron chi connectivity index (χ1n) is 7.38. The Morgan fingerprint density at radius 3 is 2.54 bits per heavy atom. The van der Waals surface area contributed by atoms with Crippen molar-refractivity contribution in [3.05, 3.63) is 64.1 Å². The Bertz CT molecular complexity index is 799. The monoisotopic (exact) mass is 385 g/mol. The van der Waals surface area contributed by atoms with Crippen molar-refractivity contribution in [2.45, 2.75) is 6.92 Å². The summed E-state index contributed by atoms with van der Waals surface area (Å²) in [6.07, 6.45) is 0. The van der Waals surface area contributed by atoms with Crippen LogP contribution in [-0.4, -0.2) is 29.8 Å². The van der Waals surface area contributed by atoms with Gasteiger partial charge in [0.15, 0.2) is 0 Å². The van der Waals surface area contributed by atoms with Crippen molar-refractivity contribution in [2.24, 2.45) is 0 Å². The van der Waals surface area contributed by atoms with Crippen LogP contribution in [0.15, 0.2) is 53.0 Å². The van der Waals surface area contributed by atoms with E-state index in [1.165, 1.54) is 4.90 Å². The van der Waals surface area contributed by atoms with E-state index in [4.69, 9.17) is 5.26 Å². The van der Waals surface area contributed by atoms with Crippen LogP contribution in [-0.2, 0) is 0 Å². The van der Waals surface area contributed by atoms with E-state index in [9.17, 15) is 9.59 Å². The van der Waals surface area contributed by atoms with Crippen LogP contribution in [0.3, 0.4) is 0 Å². The van der Waals surface area contributed by atoms with Gasteiger partial charge in [0.05, 0.1) is 6.07 Å². The third-order valence-corrected chi connectivity index (χ3v) is 3.88. The summed E-state index contributed by atoms with van der Waals surface area (Å²) >= 11 is 3.33. The first kappa shape index (κ1) is 17.7. The lowest BCUT2D eigenvalue weighted by molar-refractivity contribution is 0.0784. The molecule has 24 heavy (non-hydrogen) atoms. The fourth-order valence-electron chi connectivity index (χ4n) is 2.16. The van der Waals surface area contributed by atoms with E-state index in [0.29, 0.717) is 23.4 Å². The van der Waals surface area contributed by atoms with Crippen LogP contribution in [0.2, 0.25) is 0 Å². The highest BCUT2D eigenvalue weighted by atomic mass is 79.9. The van der Waals surface area contributed by atoms with Crippen molar-refractivity contribution >= 4 is 33.4 Å². The van der Waals surface area contributed by atoms with Gasteiger partial charge in [-0.3, -0.25) is 9.59 Å². The van der Waals surface area contributed by atoms with E-state index in [0.717, 1.165) is 4.47 Å². The quantitative estimate of drug-likeness (QED) is 0.797. The van der Waals surface area contributed by atoms with Gasteiger partial charge >= 0.3 is 0 Å². The lowest BCUT2D eigenvalue weighted by Gasteiger charge is -2.17. The molecule has 0 aromatic heterocycles. The fraction of sp³-hybridized carbons (Fsp3) is 0.167. The summed E-state index contributed by atoms with van der Waals surface area (Å²) in [5.74, 6) is -0.497. The van der Waals surface area contributed by atoms with Gasteiger partial charge in [0, 0.05) is 27.8 Å². The summed E-state index contributed by atoms with van der Waals surface area (Å²) in [7, 11) is 0. The molecule has 0 fully saturated rings. The smallest absolute Gasteiger partial charge is 0.255 e. The molecule has 0 aliphatic heterocycles. The molecule has 0 aliphatic carbocycles. The van der Waals surface area contributed by atoms with Crippen LogP contribution in [0, 0.1) is 11.3 Å². The molecule has 0 aliphatic rings. The number of nitrogens with one attached hydrogen (secondary N) is 1. The molecule has 0 saturated carbocycles. The van der Waals surface area contributed by atoms with Gasteiger partial charge in [-0.05, 0) is 43.3 Å². The molecule has 0 heterocycles. The second-order valence-corrected chi connectivity index (χ2v) is 5.94. The zero-order chi connectivity index (χ0) is 17.5. The Morgan fingerprint density at radius 1 is 1.17 bits per heavy atom. The van der Waals surface area contributed by atoms with Crippen LogP contribution in [0.1, 0.15) is 27.6 Å². The highest BCUT2D eigenvalue weighted by molar-refractivity contribution is 9.10. The first-order chi connectivity index (χ1) is 11.5. The number of carbonyl (C=O) groups is 2. The Balaban J connectivity index is 2.17. The minimum atomic E-state index is -0.259. The van der Waals surface area contributed by atoms with Crippen LogP contribution in [0.4, 0.5) is 5.69 Å². The van der Waals surface area contributed by atoms with Crippen molar-refractivity contribution < 1.29 is 9.59 Å². The molecule has 0 saturated heterocycles. The van der Waals surface area contributed by atoms with Crippen LogP contribution in [0.25, 0.3) is 0 Å². The Hall–Kier alpha value is -2.65. The van der Waals surface area contributed by atoms with Gasteiger partial charge in [-0.1, -0.05) is 28.1 Å². The molecule has 0 spiro atoms. The van der Waals surface area contributed by atoms with Crippen LogP contribution in [0.5, 0.6) is 0 Å². The standard InChI is InChI=1S/C18H16BrN3O2/c1-2-22(10-9-20)18(24)14-6-4-8-16(12-14)21-17(23)13-5-3-7-15(19)11-13/h3-8,11-12H,2,10H2,1H3,(H,21,23). The number of rotatable bonds is 5. The number of amides is 2. The predicted molar refractivity (Wildman–Crippen MR) is 95.7 cm³/mol. The maximum absolute atomic E-state index is 12.4. The van der Waals surface area contributed by atoms with Crippen molar-refractivity contribution in [2.75, 3.05) is 18.4 Å². The normalized spacial score (nSPS) is 9.88. The number of carbonyl (C=O) groups excluding carboxylic acids is 2. The van der Waals surface area contributed by atoms with Gasteiger partial charge in [-0.15, -0.1) is 0 Å². The van der Waals surface area contributed by atoms with E-state index in [-0.39, 0.29) is 18.4 Å². The van der Waals surface area contributed by atoms with E-state index >= 15 is 0 Å². The number of benzene rings is 2. The third kappa shape index (κ3) is 4.43. The lowest BCUT2D eigenvalue weighted by Crippen LogP contribution is -2.31. The average Bonchev–Trinajstić information content (AvgIpc) is 2.59. The minimum Gasteiger partial charge on any atom is -0.326 e. The largest absolute Gasteiger partial charge is 0.326 e. The van der Waals surface area contributed by atoms with Crippen LogP contribution >= 0.6 is 15.9 Å². The maximum Gasteiger partial charge on any atom is 0.255 e. The molecule has 1 N–H and O–H groups in total. The third-order valence-electron chi connectivity index (χ3n) is 3.38. The summed E-state index contributed by atoms with van der Waals surface area (Å²) in [5.41, 5.74) is 1.47. The Labute approximate surface area is 149 Å². The number of nitrogens with zero attached hydrogens (tertiary/aromatic N) is 2. The van der Waals surface area contributed by atoms with E-state index in [1.54, 1.807) is 42.5 Å². The molecular weight excluding hydrogens is 370 g/mol. The number of hydrogen-bond donors (Lipinski definition) is 1. The summed E-state index contributed by atoms with van der Waals surface area (Å²) in [5, 5.41) is 11.6. The van der Waals surface area contributed by atoms with Gasteiger partial charge < -0.3 is 10.2 Å². The molecule has 0 bridgehead atoms.